The number of ether oxygens (including phenoxy) is 2. The van der Waals surface area contributed by atoms with Gasteiger partial charge in [-0.2, -0.15) is 4.31 Å². The summed E-state index contributed by atoms with van der Waals surface area (Å²) >= 11 is 5.84. The Morgan fingerprint density at radius 2 is 1.59 bits per heavy atom. The van der Waals surface area contributed by atoms with Gasteiger partial charge in [0, 0.05) is 47.9 Å². The second-order valence-electron chi connectivity index (χ2n) is 6.72. The third-order valence-electron chi connectivity index (χ3n) is 4.90. The summed E-state index contributed by atoms with van der Waals surface area (Å²) in [5.41, 5.74) is 0.572. The van der Waals surface area contributed by atoms with E-state index in [2.05, 4.69) is 5.32 Å². The van der Waals surface area contributed by atoms with Crippen molar-refractivity contribution in [1.82, 2.24) is 4.31 Å². The first-order valence-electron chi connectivity index (χ1n) is 9.13. The number of anilines is 1. The molecule has 9 heteroatoms. The first kappa shape index (κ1) is 21.4. The molecule has 1 saturated heterocycles. The number of amides is 1. The molecule has 0 aliphatic carbocycles. The van der Waals surface area contributed by atoms with Crippen molar-refractivity contribution in [3.63, 3.8) is 0 Å². The van der Waals surface area contributed by atoms with Gasteiger partial charge in [-0.05, 0) is 37.1 Å². The number of carbonyl (C=O) groups excluding carboxylic acids is 1. The van der Waals surface area contributed by atoms with Crippen LogP contribution in [0.1, 0.15) is 12.8 Å². The fourth-order valence-corrected chi connectivity index (χ4v) is 4.83. The van der Waals surface area contributed by atoms with E-state index in [9.17, 15) is 13.2 Å². The van der Waals surface area contributed by atoms with E-state index in [0.29, 0.717) is 35.1 Å². The Balaban J connectivity index is 1.63. The molecule has 2 aromatic rings. The van der Waals surface area contributed by atoms with Gasteiger partial charge in [0.05, 0.1) is 19.1 Å². The lowest BCUT2D eigenvalue weighted by Gasteiger charge is -2.30. The molecule has 29 heavy (non-hydrogen) atoms. The highest BCUT2D eigenvalue weighted by molar-refractivity contribution is 7.89. The lowest BCUT2D eigenvalue weighted by molar-refractivity contribution is -0.120. The summed E-state index contributed by atoms with van der Waals surface area (Å²) in [5, 5.41) is 3.35. The zero-order valence-corrected chi connectivity index (χ0v) is 17.8. The number of halogens is 1. The molecule has 1 aliphatic heterocycles. The van der Waals surface area contributed by atoms with Crippen molar-refractivity contribution in [2.75, 3.05) is 32.6 Å². The van der Waals surface area contributed by atoms with Gasteiger partial charge >= 0.3 is 0 Å². The molecular weight excluding hydrogens is 416 g/mol. The summed E-state index contributed by atoms with van der Waals surface area (Å²) in [6.45, 7) is 0.564. The maximum Gasteiger partial charge on any atom is 0.243 e. The quantitative estimate of drug-likeness (QED) is 0.747. The molecule has 0 aromatic heterocycles. The molecule has 1 heterocycles. The minimum absolute atomic E-state index is 0.149. The zero-order chi connectivity index (χ0) is 21.0. The van der Waals surface area contributed by atoms with Gasteiger partial charge in [0.2, 0.25) is 15.9 Å². The molecule has 1 fully saturated rings. The zero-order valence-electron chi connectivity index (χ0n) is 16.2. The number of methoxy groups -OCH3 is 2. The Morgan fingerprint density at radius 1 is 1.03 bits per heavy atom. The van der Waals surface area contributed by atoms with Crippen molar-refractivity contribution in [3.8, 4) is 11.5 Å². The molecule has 2 aromatic carbocycles. The number of benzene rings is 2. The van der Waals surface area contributed by atoms with Crippen LogP contribution in [-0.2, 0) is 14.8 Å². The van der Waals surface area contributed by atoms with Crippen LogP contribution >= 0.6 is 11.6 Å². The number of nitrogens with one attached hydrogen (secondary N) is 1. The molecular formula is C20H23ClN2O5S. The summed E-state index contributed by atoms with van der Waals surface area (Å²) in [5.74, 6) is 0.722. The second kappa shape index (κ2) is 9.02. The molecule has 7 nitrogen and oxygen atoms in total. The Hall–Kier alpha value is -2.29. The number of hydrogen-bond donors (Lipinski definition) is 1. The summed E-state index contributed by atoms with van der Waals surface area (Å²) in [6.07, 6.45) is 0.888. The molecule has 1 aliphatic rings. The predicted molar refractivity (Wildman–Crippen MR) is 111 cm³/mol. The Kier molecular flexibility index (Phi) is 6.66. The Labute approximate surface area is 175 Å². The summed E-state index contributed by atoms with van der Waals surface area (Å²) in [6, 6.07) is 11.2. The highest BCUT2D eigenvalue weighted by Crippen LogP contribution is 2.28. The number of carbonyl (C=O) groups is 1. The van der Waals surface area contributed by atoms with Crippen LogP contribution in [0.2, 0.25) is 5.02 Å². The molecule has 1 amide bonds. The predicted octanol–water partition coefficient (Wildman–Crippen LogP) is 3.40. The molecule has 0 atom stereocenters. The first-order valence-corrected chi connectivity index (χ1v) is 10.9. The highest BCUT2D eigenvalue weighted by Gasteiger charge is 2.32. The maximum atomic E-state index is 12.8. The van der Waals surface area contributed by atoms with E-state index in [1.54, 1.807) is 30.3 Å². The van der Waals surface area contributed by atoms with Gasteiger partial charge in [0.25, 0.3) is 0 Å². The van der Waals surface area contributed by atoms with Crippen molar-refractivity contribution < 1.29 is 22.7 Å². The van der Waals surface area contributed by atoms with Crippen molar-refractivity contribution in [1.29, 1.82) is 0 Å². The van der Waals surface area contributed by atoms with Gasteiger partial charge in [-0.25, -0.2) is 8.42 Å². The molecule has 0 radical (unpaired) electrons. The highest BCUT2D eigenvalue weighted by atomic mass is 35.5. The lowest BCUT2D eigenvalue weighted by Crippen LogP contribution is -2.41. The van der Waals surface area contributed by atoms with Crippen molar-refractivity contribution in [2.45, 2.75) is 17.7 Å². The van der Waals surface area contributed by atoms with E-state index in [0.717, 1.165) is 0 Å². The van der Waals surface area contributed by atoms with Crippen molar-refractivity contribution in [3.05, 3.63) is 47.5 Å². The molecule has 3 rings (SSSR count). The molecule has 156 valence electrons. The number of rotatable bonds is 6. The number of sulfonamides is 1. The summed E-state index contributed by atoms with van der Waals surface area (Å²) in [7, 11) is -0.517. The minimum Gasteiger partial charge on any atom is -0.497 e. The van der Waals surface area contributed by atoms with Crippen molar-refractivity contribution in [2.24, 2.45) is 5.92 Å². The number of piperidine rings is 1. The smallest absolute Gasteiger partial charge is 0.243 e. The van der Waals surface area contributed by atoms with E-state index in [4.69, 9.17) is 21.1 Å². The van der Waals surface area contributed by atoms with Crippen LogP contribution in [0.5, 0.6) is 11.5 Å². The Morgan fingerprint density at radius 3 is 2.10 bits per heavy atom. The van der Waals surface area contributed by atoms with Gasteiger partial charge in [-0.3, -0.25) is 4.79 Å². The maximum absolute atomic E-state index is 12.8. The monoisotopic (exact) mass is 438 g/mol. The summed E-state index contributed by atoms with van der Waals surface area (Å²) < 4.78 is 37.4. The van der Waals surface area contributed by atoms with Gasteiger partial charge < -0.3 is 14.8 Å². The molecule has 0 unspecified atom stereocenters. The molecule has 0 bridgehead atoms. The molecule has 0 saturated carbocycles. The molecule has 1 N–H and O–H groups in total. The normalized spacial score (nSPS) is 15.7. The van der Waals surface area contributed by atoms with Crippen LogP contribution in [0.15, 0.2) is 47.4 Å². The second-order valence-corrected chi connectivity index (χ2v) is 9.10. The van der Waals surface area contributed by atoms with E-state index in [1.165, 1.54) is 30.7 Å². The fourth-order valence-electron chi connectivity index (χ4n) is 3.24. The third-order valence-corrected chi connectivity index (χ3v) is 7.06. The fraction of sp³-hybridized carbons (Fsp3) is 0.350. The van der Waals surface area contributed by atoms with Gasteiger partial charge in [-0.15, -0.1) is 0 Å². The van der Waals surface area contributed by atoms with Crippen molar-refractivity contribution >= 4 is 33.2 Å². The average molecular weight is 439 g/mol. The lowest BCUT2D eigenvalue weighted by atomic mass is 9.97. The number of nitrogens with zero attached hydrogens (tertiary/aromatic N) is 1. The van der Waals surface area contributed by atoms with E-state index >= 15 is 0 Å². The third kappa shape index (κ3) is 5.01. The van der Waals surface area contributed by atoms with Crippen LogP contribution in [0.25, 0.3) is 0 Å². The van der Waals surface area contributed by atoms with Gasteiger partial charge in [-0.1, -0.05) is 11.6 Å². The van der Waals surface area contributed by atoms with Gasteiger partial charge in [0.15, 0.2) is 0 Å². The van der Waals surface area contributed by atoms with Crippen LogP contribution < -0.4 is 14.8 Å². The number of hydrogen-bond acceptors (Lipinski definition) is 5. The topological polar surface area (TPSA) is 84.9 Å². The average Bonchev–Trinajstić information content (AvgIpc) is 2.73. The van der Waals surface area contributed by atoms with E-state index in [1.807, 2.05) is 0 Å². The SMILES string of the molecule is COc1cc(NC(=O)C2CCN(S(=O)(=O)c3ccc(Cl)cc3)CC2)cc(OC)c1. The van der Waals surface area contributed by atoms with Crippen LogP contribution in [0, 0.1) is 5.92 Å². The van der Waals surface area contributed by atoms with Crippen LogP contribution in [0.3, 0.4) is 0 Å². The van der Waals surface area contributed by atoms with Crippen LogP contribution in [0.4, 0.5) is 5.69 Å². The minimum atomic E-state index is -3.59. The van der Waals surface area contributed by atoms with Gasteiger partial charge in [0.1, 0.15) is 11.5 Å². The molecule has 0 spiro atoms. The standard InChI is InChI=1S/C20H23ClN2O5S/c1-27-17-11-16(12-18(13-17)28-2)22-20(24)14-7-9-23(10-8-14)29(25,26)19-5-3-15(21)4-6-19/h3-6,11-14H,7-10H2,1-2H3,(H,22,24). The van der Waals surface area contributed by atoms with E-state index < -0.39 is 10.0 Å². The van der Waals surface area contributed by atoms with E-state index in [-0.39, 0.29) is 29.8 Å². The Bertz CT molecular complexity index is 949. The van der Waals surface area contributed by atoms with Crippen LogP contribution in [-0.4, -0.2) is 45.9 Å². The summed E-state index contributed by atoms with van der Waals surface area (Å²) in [4.78, 5) is 12.9. The first-order chi connectivity index (χ1) is 13.8. The largest absolute Gasteiger partial charge is 0.497 e.